The Hall–Kier alpha value is -1.91. The number of rotatable bonds is 6. The van der Waals surface area contributed by atoms with Gasteiger partial charge in [0.15, 0.2) is 0 Å². The summed E-state index contributed by atoms with van der Waals surface area (Å²) in [6, 6.07) is 8.61. The molecule has 0 bridgehead atoms. The molecule has 1 heterocycles. The minimum absolute atomic E-state index is 0.146. The molecule has 2 rings (SSSR count). The first kappa shape index (κ1) is 18.4. The topological polar surface area (TPSA) is 90.3 Å². The highest BCUT2D eigenvalue weighted by molar-refractivity contribution is 7.89. The lowest BCUT2D eigenvalue weighted by molar-refractivity contribution is -0.120. The van der Waals surface area contributed by atoms with Crippen LogP contribution in [0.5, 0.6) is 0 Å². The average Bonchev–Trinajstić information content (AvgIpc) is 2.85. The number of carbonyl (C=O) groups is 1. The van der Waals surface area contributed by atoms with Crippen molar-refractivity contribution in [3.63, 3.8) is 0 Å². The Labute approximate surface area is 143 Å². The molecular formula is C17H23N3O3S. The summed E-state index contributed by atoms with van der Waals surface area (Å²) in [6.07, 6.45) is 4.46. The van der Waals surface area contributed by atoms with E-state index in [0.29, 0.717) is 31.0 Å². The van der Waals surface area contributed by atoms with Gasteiger partial charge in [-0.15, -0.1) is 0 Å². The zero-order chi connectivity index (χ0) is 17.4. The number of sulfonamides is 1. The van der Waals surface area contributed by atoms with Crippen LogP contribution in [0.1, 0.15) is 37.7 Å². The molecule has 1 fully saturated rings. The van der Waals surface area contributed by atoms with Crippen molar-refractivity contribution in [3.05, 3.63) is 29.8 Å². The maximum absolute atomic E-state index is 12.7. The highest BCUT2D eigenvalue weighted by atomic mass is 32.2. The molecule has 7 heteroatoms. The molecule has 0 atom stereocenters. The number of amides is 1. The normalized spacial score (nSPS) is 16.1. The molecule has 0 spiro atoms. The summed E-state index contributed by atoms with van der Waals surface area (Å²) in [5, 5.41) is 11.1. The van der Waals surface area contributed by atoms with Crippen molar-refractivity contribution in [1.29, 1.82) is 5.26 Å². The van der Waals surface area contributed by atoms with Crippen molar-refractivity contribution >= 4 is 15.9 Å². The van der Waals surface area contributed by atoms with Gasteiger partial charge in [-0.25, -0.2) is 8.42 Å². The molecule has 0 unspecified atom stereocenters. The Bertz CT molecular complexity index is 685. The summed E-state index contributed by atoms with van der Waals surface area (Å²) in [6.45, 7) is 1.61. The van der Waals surface area contributed by atoms with Crippen molar-refractivity contribution in [2.75, 3.05) is 19.6 Å². The molecule has 1 N–H and O–H groups in total. The lowest BCUT2D eigenvalue weighted by atomic mass is 10.1. The molecule has 0 aliphatic carbocycles. The number of hydrogen-bond donors (Lipinski definition) is 1. The molecular weight excluding hydrogens is 326 g/mol. The van der Waals surface area contributed by atoms with Crippen molar-refractivity contribution in [1.82, 2.24) is 9.62 Å². The van der Waals surface area contributed by atoms with Gasteiger partial charge in [0, 0.05) is 19.6 Å². The second-order valence-corrected chi connectivity index (χ2v) is 7.84. The smallest absolute Gasteiger partial charge is 0.243 e. The first-order valence-electron chi connectivity index (χ1n) is 8.27. The van der Waals surface area contributed by atoms with Crippen LogP contribution in [-0.2, 0) is 21.2 Å². The Kier molecular flexibility index (Phi) is 6.76. The van der Waals surface area contributed by atoms with E-state index in [1.165, 1.54) is 0 Å². The highest BCUT2D eigenvalue weighted by Crippen LogP contribution is 2.20. The number of nitrogens with one attached hydrogen (secondary N) is 1. The molecule has 24 heavy (non-hydrogen) atoms. The molecule has 6 nitrogen and oxygen atoms in total. The van der Waals surface area contributed by atoms with Gasteiger partial charge in [0.05, 0.1) is 11.0 Å². The van der Waals surface area contributed by atoms with E-state index in [1.54, 1.807) is 34.6 Å². The van der Waals surface area contributed by atoms with Crippen LogP contribution >= 0.6 is 0 Å². The standard InChI is InChI=1S/C17H23N3O3S/c18-11-9-17(21)19-12-10-15-5-7-16(8-6-15)24(22,23)20-13-3-1-2-4-14-20/h5-8H,1-4,9-10,12-14H2,(H,19,21). The van der Waals surface area contributed by atoms with Gasteiger partial charge in [-0.3, -0.25) is 4.79 Å². The van der Waals surface area contributed by atoms with Crippen LogP contribution in [0.2, 0.25) is 0 Å². The number of carbonyl (C=O) groups excluding carboxylic acids is 1. The summed E-state index contributed by atoms with van der Waals surface area (Å²) in [7, 11) is -3.42. The van der Waals surface area contributed by atoms with E-state index in [9.17, 15) is 13.2 Å². The number of benzene rings is 1. The molecule has 1 aliphatic heterocycles. The van der Waals surface area contributed by atoms with Crippen LogP contribution in [0.15, 0.2) is 29.2 Å². The van der Waals surface area contributed by atoms with Gasteiger partial charge in [-0.2, -0.15) is 9.57 Å². The van der Waals surface area contributed by atoms with E-state index in [-0.39, 0.29) is 12.3 Å². The largest absolute Gasteiger partial charge is 0.355 e. The third-order valence-corrected chi connectivity index (χ3v) is 6.01. The molecule has 1 aromatic rings. The second-order valence-electron chi connectivity index (χ2n) is 5.90. The third-order valence-electron chi connectivity index (χ3n) is 4.10. The quantitative estimate of drug-likeness (QED) is 0.848. The SMILES string of the molecule is N#CCC(=O)NCCc1ccc(S(=O)(=O)N2CCCCCC2)cc1. The number of hydrogen-bond acceptors (Lipinski definition) is 4. The highest BCUT2D eigenvalue weighted by Gasteiger charge is 2.24. The Balaban J connectivity index is 1.95. The van der Waals surface area contributed by atoms with Gasteiger partial charge >= 0.3 is 0 Å². The monoisotopic (exact) mass is 349 g/mol. The predicted molar refractivity (Wildman–Crippen MR) is 90.6 cm³/mol. The lowest BCUT2D eigenvalue weighted by Crippen LogP contribution is -2.31. The fourth-order valence-electron chi connectivity index (χ4n) is 2.74. The van der Waals surface area contributed by atoms with Crippen LogP contribution in [0.3, 0.4) is 0 Å². The number of nitriles is 1. The van der Waals surface area contributed by atoms with E-state index < -0.39 is 10.0 Å². The van der Waals surface area contributed by atoms with E-state index in [1.807, 2.05) is 0 Å². The Morgan fingerprint density at radius 2 is 1.75 bits per heavy atom. The van der Waals surface area contributed by atoms with Gasteiger partial charge in [-0.05, 0) is 37.0 Å². The fourth-order valence-corrected chi connectivity index (χ4v) is 4.26. The first-order chi connectivity index (χ1) is 11.5. The van der Waals surface area contributed by atoms with Gasteiger partial charge < -0.3 is 5.32 Å². The molecule has 1 aliphatic rings. The summed E-state index contributed by atoms with van der Waals surface area (Å²) >= 11 is 0. The van der Waals surface area contributed by atoms with Gasteiger partial charge in [0.1, 0.15) is 6.42 Å². The molecule has 1 amide bonds. The Morgan fingerprint density at radius 1 is 1.12 bits per heavy atom. The van der Waals surface area contributed by atoms with Crippen LogP contribution < -0.4 is 5.32 Å². The second kappa shape index (κ2) is 8.81. The van der Waals surface area contributed by atoms with Crippen molar-refractivity contribution in [2.45, 2.75) is 43.4 Å². The summed E-state index contributed by atoms with van der Waals surface area (Å²) in [4.78, 5) is 11.5. The maximum Gasteiger partial charge on any atom is 0.243 e. The zero-order valence-electron chi connectivity index (χ0n) is 13.7. The molecule has 0 aromatic heterocycles. The van der Waals surface area contributed by atoms with Gasteiger partial charge in [-0.1, -0.05) is 25.0 Å². The molecule has 130 valence electrons. The van der Waals surface area contributed by atoms with Crippen molar-refractivity contribution < 1.29 is 13.2 Å². The summed E-state index contributed by atoms with van der Waals surface area (Å²) < 4.78 is 26.9. The number of nitrogens with zero attached hydrogens (tertiary/aromatic N) is 2. The van der Waals surface area contributed by atoms with E-state index in [2.05, 4.69) is 5.32 Å². The van der Waals surface area contributed by atoms with Crippen LogP contribution in [-0.4, -0.2) is 38.3 Å². The zero-order valence-corrected chi connectivity index (χ0v) is 14.5. The lowest BCUT2D eigenvalue weighted by Gasteiger charge is -2.20. The third kappa shape index (κ3) is 5.05. The Morgan fingerprint density at radius 3 is 2.33 bits per heavy atom. The van der Waals surface area contributed by atoms with E-state index >= 15 is 0 Å². The van der Waals surface area contributed by atoms with Crippen molar-refractivity contribution in [2.24, 2.45) is 0 Å². The van der Waals surface area contributed by atoms with Gasteiger partial charge in [0.25, 0.3) is 0 Å². The maximum atomic E-state index is 12.7. The van der Waals surface area contributed by atoms with Crippen LogP contribution in [0, 0.1) is 11.3 Å². The summed E-state index contributed by atoms with van der Waals surface area (Å²) in [5.41, 5.74) is 0.946. The van der Waals surface area contributed by atoms with Crippen molar-refractivity contribution in [3.8, 4) is 6.07 Å². The summed E-state index contributed by atoms with van der Waals surface area (Å²) in [5.74, 6) is -0.294. The minimum atomic E-state index is -3.42. The predicted octanol–water partition coefficient (Wildman–Crippen LogP) is 1.82. The van der Waals surface area contributed by atoms with E-state index in [0.717, 1.165) is 31.2 Å². The van der Waals surface area contributed by atoms with Crippen LogP contribution in [0.4, 0.5) is 0 Å². The van der Waals surface area contributed by atoms with E-state index in [4.69, 9.17) is 5.26 Å². The first-order valence-corrected chi connectivity index (χ1v) is 9.71. The van der Waals surface area contributed by atoms with Gasteiger partial charge in [0.2, 0.25) is 15.9 Å². The van der Waals surface area contributed by atoms with Crippen LogP contribution in [0.25, 0.3) is 0 Å². The molecule has 1 aromatic carbocycles. The average molecular weight is 349 g/mol. The molecule has 0 saturated carbocycles. The minimum Gasteiger partial charge on any atom is -0.355 e. The molecule has 1 saturated heterocycles. The fraction of sp³-hybridized carbons (Fsp3) is 0.529. The molecule has 0 radical (unpaired) electrons.